The van der Waals surface area contributed by atoms with Crippen molar-refractivity contribution in [2.24, 2.45) is 0 Å². The molecule has 2 N–H and O–H groups in total. The summed E-state index contributed by atoms with van der Waals surface area (Å²) in [5.41, 5.74) is 4.51. The number of nitrogens with one attached hydrogen (secondary N) is 2. The van der Waals surface area contributed by atoms with E-state index in [0.717, 1.165) is 23.0 Å². The van der Waals surface area contributed by atoms with Crippen molar-refractivity contribution in [3.63, 3.8) is 0 Å². The molecule has 0 spiro atoms. The van der Waals surface area contributed by atoms with Crippen LogP contribution in [0.25, 0.3) is 0 Å². The molecule has 2 aromatic heterocycles. The highest BCUT2D eigenvalue weighted by atomic mass is 15.1. The average molecular weight is 319 g/mol. The van der Waals surface area contributed by atoms with Gasteiger partial charge in [0.1, 0.15) is 17.5 Å². The Kier molecular flexibility index (Phi) is 4.70. The summed E-state index contributed by atoms with van der Waals surface area (Å²) in [6.07, 6.45) is 1.79. The van der Waals surface area contributed by atoms with E-state index in [2.05, 4.69) is 57.6 Å². The standard InChI is InChI=1S/C19H21N5/c1-13-7-8-16(10-14(13)2)24-19-11-18(22-15(3)23-19)21-12-17-6-4-5-9-20-17/h4-11H,12H2,1-3H3,(H2,21,22,23,24). The molecule has 2 heterocycles. The average Bonchev–Trinajstić information content (AvgIpc) is 2.57. The first-order valence-electron chi connectivity index (χ1n) is 7.94. The van der Waals surface area contributed by atoms with Gasteiger partial charge in [-0.15, -0.1) is 0 Å². The number of hydrogen-bond acceptors (Lipinski definition) is 5. The van der Waals surface area contributed by atoms with E-state index in [4.69, 9.17) is 0 Å². The van der Waals surface area contributed by atoms with Crippen LogP contribution in [-0.2, 0) is 6.54 Å². The first kappa shape index (κ1) is 15.9. The van der Waals surface area contributed by atoms with E-state index in [1.165, 1.54) is 11.1 Å². The van der Waals surface area contributed by atoms with E-state index < -0.39 is 0 Å². The maximum Gasteiger partial charge on any atom is 0.136 e. The van der Waals surface area contributed by atoms with Gasteiger partial charge in [0.25, 0.3) is 0 Å². The lowest BCUT2D eigenvalue weighted by atomic mass is 10.1. The molecule has 0 amide bonds. The molecule has 0 radical (unpaired) electrons. The lowest BCUT2D eigenvalue weighted by molar-refractivity contribution is 0.996. The molecule has 0 saturated heterocycles. The third kappa shape index (κ3) is 4.07. The van der Waals surface area contributed by atoms with Gasteiger partial charge in [-0.3, -0.25) is 4.98 Å². The molecule has 0 fully saturated rings. The van der Waals surface area contributed by atoms with Crippen molar-refractivity contribution in [2.45, 2.75) is 27.3 Å². The van der Waals surface area contributed by atoms with Crippen molar-refractivity contribution >= 4 is 17.3 Å². The van der Waals surface area contributed by atoms with Gasteiger partial charge in [0.05, 0.1) is 12.2 Å². The number of nitrogens with zero attached hydrogens (tertiary/aromatic N) is 3. The number of benzene rings is 1. The van der Waals surface area contributed by atoms with Gasteiger partial charge in [0.2, 0.25) is 0 Å². The Bertz CT molecular complexity index is 830. The van der Waals surface area contributed by atoms with Crippen LogP contribution >= 0.6 is 0 Å². The molecular formula is C19H21N5. The van der Waals surface area contributed by atoms with Crippen molar-refractivity contribution < 1.29 is 0 Å². The molecule has 0 atom stereocenters. The summed E-state index contributed by atoms with van der Waals surface area (Å²) in [5.74, 6) is 2.26. The predicted molar refractivity (Wildman–Crippen MR) is 97.5 cm³/mol. The Morgan fingerprint density at radius 2 is 1.71 bits per heavy atom. The van der Waals surface area contributed by atoms with Gasteiger partial charge in [-0.1, -0.05) is 12.1 Å². The fourth-order valence-electron chi connectivity index (χ4n) is 2.37. The summed E-state index contributed by atoms with van der Waals surface area (Å²) >= 11 is 0. The molecule has 0 bridgehead atoms. The molecule has 122 valence electrons. The lowest BCUT2D eigenvalue weighted by Gasteiger charge is -2.11. The number of hydrogen-bond donors (Lipinski definition) is 2. The minimum absolute atomic E-state index is 0.625. The molecule has 0 aliphatic rings. The van der Waals surface area contributed by atoms with Crippen LogP contribution in [-0.4, -0.2) is 15.0 Å². The molecule has 0 unspecified atom stereocenters. The van der Waals surface area contributed by atoms with Crippen LogP contribution in [0.3, 0.4) is 0 Å². The largest absolute Gasteiger partial charge is 0.364 e. The molecule has 0 saturated carbocycles. The second-order valence-electron chi connectivity index (χ2n) is 5.78. The van der Waals surface area contributed by atoms with Crippen LogP contribution in [0.4, 0.5) is 17.3 Å². The quantitative estimate of drug-likeness (QED) is 0.739. The number of aryl methyl sites for hydroxylation is 3. The highest BCUT2D eigenvalue weighted by Gasteiger charge is 2.04. The number of anilines is 3. The van der Waals surface area contributed by atoms with Crippen molar-refractivity contribution in [1.29, 1.82) is 0 Å². The molecule has 3 aromatic rings. The number of aromatic nitrogens is 3. The van der Waals surface area contributed by atoms with Crippen molar-refractivity contribution in [3.05, 3.63) is 71.3 Å². The maximum atomic E-state index is 4.46. The monoisotopic (exact) mass is 319 g/mol. The second kappa shape index (κ2) is 7.08. The normalized spacial score (nSPS) is 10.5. The van der Waals surface area contributed by atoms with Gasteiger partial charge in [-0.25, -0.2) is 9.97 Å². The Morgan fingerprint density at radius 1 is 0.875 bits per heavy atom. The zero-order valence-corrected chi connectivity index (χ0v) is 14.2. The molecule has 0 aliphatic carbocycles. The van der Waals surface area contributed by atoms with Crippen LogP contribution in [0.1, 0.15) is 22.6 Å². The van der Waals surface area contributed by atoms with E-state index in [9.17, 15) is 0 Å². The maximum absolute atomic E-state index is 4.46. The highest BCUT2D eigenvalue weighted by Crippen LogP contribution is 2.20. The van der Waals surface area contributed by atoms with E-state index in [0.29, 0.717) is 12.4 Å². The molecule has 1 aromatic carbocycles. The van der Waals surface area contributed by atoms with Crippen LogP contribution in [0, 0.1) is 20.8 Å². The van der Waals surface area contributed by atoms with Gasteiger partial charge in [-0.05, 0) is 56.2 Å². The van der Waals surface area contributed by atoms with E-state index in [-0.39, 0.29) is 0 Å². The van der Waals surface area contributed by atoms with Gasteiger partial charge in [0.15, 0.2) is 0 Å². The molecular weight excluding hydrogens is 298 g/mol. The predicted octanol–water partition coefficient (Wildman–Crippen LogP) is 4.15. The van der Waals surface area contributed by atoms with Crippen LogP contribution in [0.5, 0.6) is 0 Å². The fraction of sp³-hybridized carbons (Fsp3) is 0.211. The Hall–Kier alpha value is -2.95. The first-order chi connectivity index (χ1) is 11.6. The zero-order chi connectivity index (χ0) is 16.9. The third-order valence-electron chi connectivity index (χ3n) is 3.79. The van der Waals surface area contributed by atoms with Gasteiger partial charge in [0, 0.05) is 18.0 Å². The van der Waals surface area contributed by atoms with Gasteiger partial charge in [-0.2, -0.15) is 0 Å². The summed E-state index contributed by atoms with van der Waals surface area (Å²) < 4.78 is 0. The van der Waals surface area contributed by atoms with Crippen molar-refractivity contribution in [1.82, 2.24) is 15.0 Å². The molecule has 5 heteroatoms. The number of pyridine rings is 1. The Balaban J connectivity index is 1.74. The minimum atomic E-state index is 0.625. The number of rotatable bonds is 5. The summed E-state index contributed by atoms with van der Waals surface area (Å²) in [6.45, 7) is 6.72. The van der Waals surface area contributed by atoms with Crippen LogP contribution in [0.15, 0.2) is 48.7 Å². The smallest absolute Gasteiger partial charge is 0.136 e. The summed E-state index contributed by atoms with van der Waals surface area (Å²) in [7, 11) is 0. The summed E-state index contributed by atoms with van der Waals surface area (Å²) in [6, 6.07) is 14.0. The second-order valence-corrected chi connectivity index (χ2v) is 5.78. The first-order valence-corrected chi connectivity index (χ1v) is 7.94. The van der Waals surface area contributed by atoms with Crippen LogP contribution < -0.4 is 10.6 Å². The fourth-order valence-corrected chi connectivity index (χ4v) is 2.37. The third-order valence-corrected chi connectivity index (χ3v) is 3.79. The van der Waals surface area contributed by atoms with Crippen molar-refractivity contribution in [2.75, 3.05) is 10.6 Å². The van der Waals surface area contributed by atoms with E-state index in [1.807, 2.05) is 31.2 Å². The molecule has 0 aliphatic heterocycles. The van der Waals surface area contributed by atoms with E-state index in [1.54, 1.807) is 6.20 Å². The SMILES string of the molecule is Cc1nc(NCc2ccccn2)cc(Nc2ccc(C)c(C)c2)n1. The lowest BCUT2D eigenvalue weighted by Crippen LogP contribution is -2.06. The zero-order valence-electron chi connectivity index (χ0n) is 14.2. The van der Waals surface area contributed by atoms with Crippen molar-refractivity contribution in [3.8, 4) is 0 Å². The van der Waals surface area contributed by atoms with E-state index >= 15 is 0 Å². The highest BCUT2D eigenvalue weighted by molar-refractivity contribution is 5.60. The molecule has 3 rings (SSSR count). The van der Waals surface area contributed by atoms with Gasteiger partial charge < -0.3 is 10.6 Å². The minimum Gasteiger partial charge on any atom is -0.364 e. The summed E-state index contributed by atoms with van der Waals surface area (Å²) in [5, 5.41) is 6.64. The summed E-state index contributed by atoms with van der Waals surface area (Å²) in [4.78, 5) is 13.2. The molecule has 5 nitrogen and oxygen atoms in total. The topological polar surface area (TPSA) is 62.7 Å². The van der Waals surface area contributed by atoms with Gasteiger partial charge >= 0.3 is 0 Å². The molecule has 24 heavy (non-hydrogen) atoms. The Morgan fingerprint density at radius 3 is 2.46 bits per heavy atom. The Labute approximate surface area is 142 Å². The van der Waals surface area contributed by atoms with Crippen LogP contribution in [0.2, 0.25) is 0 Å².